The number of hydrogen-bond donors (Lipinski definition) is 2. The Balaban J connectivity index is 2.74. The van der Waals surface area contributed by atoms with Crippen LogP contribution in [0.15, 0.2) is 0 Å². The first-order valence-corrected chi connectivity index (χ1v) is 5.05. The van der Waals surface area contributed by atoms with Crippen LogP contribution in [0.5, 0.6) is 0 Å². The van der Waals surface area contributed by atoms with E-state index in [2.05, 4.69) is 13.8 Å². The molecule has 76 valence electrons. The number of aliphatic carboxylic acids is 1. The number of nitrogens with two attached hydrogens (primary N) is 1. The zero-order valence-electron chi connectivity index (χ0n) is 8.42. The van der Waals surface area contributed by atoms with Crippen molar-refractivity contribution in [1.29, 1.82) is 0 Å². The van der Waals surface area contributed by atoms with Crippen LogP contribution >= 0.6 is 0 Å². The van der Waals surface area contributed by atoms with E-state index in [4.69, 9.17) is 5.73 Å². The molecule has 0 radical (unpaired) electrons. The SMILES string of the molecule is CCC(CC)C1(C(=O)O)CC(N)C1. The van der Waals surface area contributed by atoms with Crippen molar-refractivity contribution < 1.29 is 9.90 Å². The fraction of sp³-hybridized carbons (Fsp3) is 0.900. The zero-order chi connectivity index (χ0) is 10.1. The average molecular weight is 185 g/mol. The minimum absolute atomic E-state index is 0.108. The smallest absolute Gasteiger partial charge is 0.310 e. The maximum Gasteiger partial charge on any atom is 0.310 e. The maximum atomic E-state index is 11.2. The molecule has 3 N–H and O–H groups in total. The van der Waals surface area contributed by atoms with E-state index in [0.717, 1.165) is 12.8 Å². The van der Waals surface area contributed by atoms with Gasteiger partial charge in [0.15, 0.2) is 0 Å². The van der Waals surface area contributed by atoms with Gasteiger partial charge in [-0.15, -0.1) is 0 Å². The third kappa shape index (κ3) is 1.57. The van der Waals surface area contributed by atoms with Crippen LogP contribution in [0.25, 0.3) is 0 Å². The van der Waals surface area contributed by atoms with E-state index in [1.54, 1.807) is 0 Å². The van der Waals surface area contributed by atoms with E-state index < -0.39 is 11.4 Å². The van der Waals surface area contributed by atoms with Crippen LogP contribution < -0.4 is 5.73 Å². The first-order chi connectivity index (χ1) is 6.06. The molecule has 0 unspecified atom stereocenters. The van der Waals surface area contributed by atoms with E-state index in [-0.39, 0.29) is 6.04 Å². The molecule has 0 aliphatic heterocycles. The molecule has 3 heteroatoms. The van der Waals surface area contributed by atoms with Gasteiger partial charge in [0.1, 0.15) is 0 Å². The highest BCUT2D eigenvalue weighted by atomic mass is 16.4. The van der Waals surface area contributed by atoms with Crippen molar-refractivity contribution in [1.82, 2.24) is 0 Å². The van der Waals surface area contributed by atoms with Crippen molar-refractivity contribution in [2.24, 2.45) is 17.1 Å². The van der Waals surface area contributed by atoms with Gasteiger partial charge >= 0.3 is 5.97 Å². The molecule has 0 spiro atoms. The maximum absolute atomic E-state index is 11.2. The van der Waals surface area contributed by atoms with Gasteiger partial charge in [0.05, 0.1) is 5.41 Å². The zero-order valence-corrected chi connectivity index (χ0v) is 8.42. The van der Waals surface area contributed by atoms with E-state index in [0.29, 0.717) is 18.8 Å². The quantitative estimate of drug-likeness (QED) is 0.699. The molecule has 1 aliphatic carbocycles. The van der Waals surface area contributed by atoms with E-state index in [9.17, 15) is 9.90 Å². The topological polar surface area (TPSA) is 63.3 Å². The van der Waals surface area contributed by atoms with Crippen LogP contribution in [0.2, 0.25) is 0 Å². The Hall–Kier alpha value is -0.570. The van der Waals surface area contributed by atoms with Crippen molar-refractivity contribution in [2.75, 3.05) is 0 Å². The van der Waals surface area contributed by atoms with Gasteiger partial charge in [0, 0.05) is 6.04 Å². The molecule has 3 nitrogen and oxygen atoms in total. The second kappa shape index (κ2) is 3.66. The van der Waals surface area contributed by atoms with Crippen molar-refractivity contribution in [3.8, 4) is 0 Å². The molecule has 0 aromatic heterocycles. The molecule has 0 saturated heterocycles. The molecule has 1 saturated carbocycles. The summed E-state index contributed by atoms with van der Waals surface area (Å²) in [4.78, 5) is 11.2. The third-order valence-corrected chi connectivity index (χ3v) is 3.45. The van der Waals surface area contributed by atoms with Crippen LogP contribution in [0, 0.1) is 11.3 Å². The highest BCUT2D eigenvalue weighted by Crippen LogP contribution is 2.49. The standard InChI is InChI=1S/C10H19NO2/c1-3-7(4-2)10(9(12)13)5-8(11)6-10/h7-8H,3-6,11H2,1-2H3,(H,12,13). The number of carboxylic acid groups (broad SMARTS) is 1. The Morgan fingerprint density at radius 2 is 2.00 bits per heavy atom. The van der Waals surface area contributed by atoms with Gasteiger partial charge in [-0.25, -0.2) is 0 Å². The Bertz CT molecular complexity index is 193. The van der Waals surface area contributed by atoms with Crippen molar-refractivity contribution in [2.45, 2.75) is 45.6 Å². The lowest BCUT2D eigenvalue weighted by atomic mass is 9.57. The summed E-state index contributed by atoms with van der Waals surface area (Å²) in [5.74, 6) is -0.354. The summed E-state index contributed by atoms with van der Waals surface area (Å²) in [5, 5.41) is 9.18. The molecular weight excluding hydrogens is 166 g/mol. The largest absolute Gasteiger partial charge is 0.481 e. The Labute approximate surface area is 79.3 Å². The van der Waals surface area contributed by atoms with Crippen LogP contribution in [0.1, 0.15) is 39.5 Å². The Morgan fingerprint density at radius 1 is 1.54 bits per heavy atom. The molecule has 1 aliphatic rings. The van der Waals surface area contributed by atoms with Crippen molar-refractivity contribution in [3.05, 3.63) is 0 Å². The molecule has 0 heterocycles. The number of carbonyl (C=O) groups is 1. The fourth-order valence-electron chi connectivity index (χ4n) is 2.63. The minimum Gasteiger partial charge on any atom is -0.481 e. The number of carboxylic acids is 1. The molecule has 0 aromatic rings. The molecular formula is C10H19NO2. The van der Waals surface area contributed by atoms with E-state index in [1.165, 1.54) is 0 Å². The highest BCUT2D eigenvalue weighted by molar-refractivity contribution is 5.76. The van der Waals surface area contributed by atoms with Crippen molar-refractivity contribution in [3.63, 3.8) is 0 Å². The number of rotatable bonds is 4. The summed E-state index contributed by atoms with van der Waals surface area (Å²) < 4.78 is 0. The van der Waals surface area contributed by atoms with Crippen LogP contribution in [-0.4, -0.2) is 17.1 Å². The van der Waals surface area contributed by atoms with Crippen LogP contribution in [0.3, 0.4) is 0 Å². The molecule has 13 heavy (non-hydrogen) atoms. The monoisotopic (exact) mass is 185 g/mol. The van der Waals surface area contributed by atoms with Crippen LogP contribution in [0.4, 0.5) is 0 Å². The van der Waals surface area contributed by atoms with Crippen LogP contribution in [-0.2, 0) is 4.79 Å². The molecule has 0 bridgehead atoms. The first kappa shape index (κ1) is 10.5. The van der Waals surface area contributed by atoms with Gasteiger partial charge < -0.3 is 10.8 Å². The minimum atomic E-state index is -0.650. The molecule has 1 fully saturated rings. The van der Waals surface area contributed by atoms with Gasteiger partial charge in [0.2, 0.25) is 0 Å². The Kier molecular flexibility index (Phi) is 2.96. The predicted octanol–water partition coefficient (Wildman–Crippen LogP) is 1.61. The van der Waals surface area contributed by atoms with Gasteiger partial charge in [-0.1, -0.05) is 26.7 Å². The lowest BCUT2D eigenvalue weighted by Gasteiger charge is -2.47. The second-order valence-corrected chi connectivity index (χ2v) is 4.14. The lowest BCUT2D eigenvalue weighted by molar-refractivity contribution is -0.161. The summed E-state index contributed by atoms with van der Waals surface area (Å²) in [6.07, 6.45) is 3.20. The molecule has 1 rings (SSSR count). The van der Waals surface area contributed by atoms with Gasteiger partial charge in [-0.3, -0.25) is 4.79 Å². The summed E-state index contributed by atoms with van der Waals surface area (Å²) in [5.41, 5.74) is 5.18. The van der Waals surface area contributed by atoms with Crippen molar-refractivity contribution >= 4 is 5.97 Å². The van der Waals surface area contributed by atoms with Gasteiger partial charge in [-0.2, -0.15) is 0 Å². The number of hydrogen-bond acceptors (Lipinski definition) is 2. The summed E-state index contributed by atoms with van der Waals surface area (Å²) >= 11 is 0. The molecule has 0 atom stereocenters. The highest BCUT2D eigenvalue weighted by Gasteiger charge is 2.52. The average Bonchev–Trinajstić information content (AvgIpc) is 2.02. The lowest BCUT2D eigenvalue weighted by Crippen LogP contribution is -2.54. The van der Waals surface area contributed by atoms with Gasteiger partial charge in [-0.05, 0) is 18.8 Å². The predicted molar refractivity (Wildman–Crippen MR) is 51.4 cm³/mol. The Morgan fingerprint density at radius 3 is 2.23 bits per heavy atom. The fourth-order valence-corrected chi connectivity index (χ4v) is 2.63. The molecule has 0 amide bonds. The van der Waals surface area contributed by atoms with E-state index >= 15 is 0 Å². The van der Waals surface area contributed by atoms with Gasteiger partial charge in [0.25, 0.3) is 0 Å². The summed E-state index contributed by atoms with van der Waals surface area (Å²) in [6.45, 7) is 4.12. The molecule has 0 aromatic carbocycles. The second-order valence-electron chi connectivity index (χ2n) is 4.14. The first-order valence-electron chi connectivity index (χ1n) is 5.05. The summed E-state index contributed by atoms with van der Waals surface area (Å²) in [6, 6.07) is 0.108. The van der Waals surface area contributed by atoms with E-state index in [1.807, 2.05) is 0 Å². The third-order valence-electron chi connectivity index (χ3n) is 3.45. The summed E-state index contributed by atoms with van der Waals surface area (Å²) in [7, 11) is 0. The normalized spacial score (nSPS) is 33.1.